The van der Waals surface area contributed by atoms with Crippen molar-refractivity contribution in [1.29, 1.82) is 0 Å². The highest BCUT2D eigenvalue weighted by Crippen LogP contribution is 2.21. The largest absolute Gasteiger partial charge is 0.353 e. The minimum atomic E-state index is 0.131. The number of piperazine rings is 1. The van der Waals surface area contributed by atoms with Crippen LogP contribution >= 0.6 is 0 Å². The van der Waals surface area contributed by atoms with Gasteiger partial charge in [-0.2, -0.15) is 0 Å². The summed E-state index contributed by atoms with van der Waals surface area (Å²) in [5, 5.41) is 0. The third kappa shape index (κ3) is 4.70. The second-order valence-electron chi connectivity index (χ2n) is 7.74. The molecular weight excluding hydrogens is 348 g/mol. The summed E-state index contributed by atoms with van der Waals surface area (Å²) in [6.45, 7) is 11.3. The molecule has 0 N–H and O–H groups in total. The predicted octanol–water partition coefficient (Wildman–Crippen LogP) is 4.10. The van der Waals surface area contributed by atoms with Gasteiger partial charge < -0.3 is 9.80 Å². The topological polar surface area (TPSA) is 49.3 Å². The van der Waals surface area contributed by atoms with E-state index in [4.69, 9.17) is 0 Å². The molecule has 2 heterocycles. The minimum absolute atomic E-state index is 0.131. The fraction of sp³-hybridized carbons (Fsp3) is 0.522. The summed E-state index contributed by atoms with van der Waals surface area (Å²) in [7, 11) is 0. The van der Waals surface area contributed by atoms with E-state index in [9.17, 15) is 4.79 Å². The number of anilines is 1. The van der Waals surface area contributed by atoms with Gasteiger partial charge in [0.1, 0.15) is 11.6 Å². The first-order valence-corrected chi connectivity index (χ1v) is 10.4. The summed E-state index contributed by atoms with van der Waals surface area (Å²) in [5.74, 6) is 1.94. The first-order chi connectivity index (χ1) is 13.5. The van der Waals surface area contributed by atoms with E-state index in [1.165, 1.54) is 24.8 Å². The monoisotopic (exact) mass is 380 g/mol. The number of rotatable bonds is 6. The zero-order chi connectivity index (χ0) is 20.1. The Hall–Kier alpha value is -2.43. The predicted molar refractivity (Wildman–Crippen MR) is 114 cm³/mol. The molecule has 1 aromatic heterocycles. The molecular formula is C23H32N4O. The second-order valence-corrected chi connectivity index (χ2v) is 7.74. The lowest BCUT2D eigenvalue weighted by atomic mass is 10.0. The molecule has 1 aliphatic rings. The zero-order valence-electron chi connectivity index (χ0n) is 17.7. The third-order valence-electron chi connectivity index (χ3n) is 5.61. The number of aromatic nitrogens is 2. The highest BCUT2D eigenvalue weighted by Gasteiger charge is 2.24. The van der Waals surface area contributed by atoms with Crippen LogP contribution in [0.4, 0.5) is 5.82 Å². The van der Waals surface area contributed by atoms with Crippen molar-refractivity contribution < 1.29 is 4.79 Å². The Morgan fingerprint density at radius 3 is 2.29 bits per heavy atom. The van der Waals surface area contributed by atoms with E-state index in [0.717, 1.165) is 61.1 Å². The Labute approximate surface area is 168 Å². The van der Waals surface area contributed by atoms with Crippen LogP contribution in [0.3, 0.4) is 0 Å². The Bertz CT molecular complexity index is 808. The Balaban J connectivity index is 1.59. The number of hydrogen-bond acceptors (Lipinski definition) is 4. The van der Waals surface area contributed by atoms with Crippen molar-refractivity contribution in [3.63, 3.8) is 0 Å². The van der Waals surface area contributed by atoms with Crippen molar-refractivity contribution in [2.45, 2.75) is 53.4 Å². The molecule has 1 saturated heterocycles. The molecule has 0 radical (unpaired) electrons. The van der Waals surface area contributed by atoms with Crippen LogP contribution in [0, 0.1) is 20.8 Å². The van der Waals surface area contributed by atoms with Crippen LogP contribution in [-0.2, 0) is 6.42 Å². The van der Waals surface area contributed by atoms with Crippen LogP contribution in [0.1, 0.15) is 59.2 Å². The van der Waals surface area contributed by atoms with Gasteiger partial charge in [0.05, 0.1) is 0 Å². The summed E-state index contributed by atoms with van der Waals surface area (Å²) < 4.78 is 0. The van der Waals surface area contributed by atoms with E-state index in [0.29, 0.717) is 0 Å². The summed E-state index contributed by atoms with van der Waals surface area (Å²) in [4.78, 5) is 26.2. The molecule has 5 nitrogen and oxygen atoms in total. The Morgan fingerprint density at radius 2 is 1.64 bits per heavy atom. The van der Waals surface area contributed by atoms with E-state index in [1.54, 1.807) is 0 Å². The summed E-state index contributed by atoms with van der Waals surface area (Å²) in [6.07, 6.45) is 4.80. The fourth-order valence-corrected chi connectivity index (χ4v) is 3.76. The van der Waals surface area contributed by atoms with Crippen molar-refractivity contribution in [2.75, 3.05) is 31.1 Å². The van der Waals surface area contributed by atoms with Gasteiger partial charge in [-0.3, -0.25) is 4.79 Å². The molecule has 3 rings (SSSR count). The van der Waals surface area contributed by atoms with Crippen LogP contribution in [0.15, 0.2) is 24.3 Å². The van der Waals surface area contributed by atoms with Gasteiger partial charge in [-0.05, 0) is 51.3 Å². The van der Waals surface area contributed by atoms with Gasteiger partial charge in [-0.15, -0.1) is 0 Å². The van der Waals surface area contributed by atoms with E-state index in [2.05, 4.69) is 40.8 Å². The first kappa shape index (κ1) is 20.3. The molecule has 0 unspecified atom stereocenters. The highest BCUT2D eigenvalue weighted by atomic mass is 16.2. The molecule has 1 aliphatic heterocycles. The number of amides is 1. The van der Waals surface area contributed by atoms with Gasteiger partial charge >= 0.3 is 0 Å². The number of unbranched alkanes of at least 4 members (excludes halogenated alkanes) is 2. The standard InChI is InChI=1S/C23H32N4O/c1-5-6-7-8-20-9-11-21(12-10-20)23(28)27-15-13-26(14-16-27)22-17(2)18(3)24-19(4)25-22/h9-12H,5-8,13-16H2,1-4H3. The maximum atomic E-state index is 12.9. The van der Waals surface area contributed by atoms with Crippen LogP contribution in [0.25, 0.3) is 0 Å². The molecule has 1 fully saturated rings. The fourth-order valence-electron chi connectivity index (χ4n) is 3.76. The average Bonchev–Trinajstić information content (AvgIpc) is 2.71. The summed E-state index contributed by atoms with van der Waals surface area (Å²) in [5.41, 5.74) is 4.27. The molecule has 0 atom stereocenters. The van der Waals surface area contributed by atoms with Crippen molar-refractivity contribution in [3.8, 4) is 0 Å². The van der Waals surface area contributed by atoms with Gasteiger partial charge in [-0.25, -0.2) is 9.97 Å². The van der Waals surface area contributed by atoms with Crippen LogP contribution in [0.5, 0.6) is 0 Å². The van der Waals surface area contributed by atoms with Crippen LogP contribution in [-0.4, -0.2) is 47.0 Å². The zero-order valence-corrected chi connectivity index (χ0v) is 17.7. The third-order valence-corrected chi connectivity index (χ3v) is 5.61. The van der Waals surface area contributed by atoms with Crippen molar-refractivity contribution >= 4 is 11.7 Å². The van der Waals surface area contributed by atoms with Gasteiger partial charge in [0, 0.05) is 43.0 Å². The average molecular weight is 381 g/mol. The molecule has 2 aromatic rings. The number of carbonyl (C=O) groups excluding carboxylic acids is 1. The smallest absolute Gasteiger partial charge is 0.253 e. The quantitative estimate of drug-likeness (QED) is 0.708. The lowest BCUT2D eigenvalue weighted by Gasteiger charge is -2.36. The molecule has 1 amide bonds. The second kappa shape index (κ2) is 9.18. The van der Waals surface area contributed by atoms with Gasteiger partial charge in [-0.1, -0.05) is 31.9 Å². The summed E-state index contributed by atoms with van der Waals surface area (Å²) in [6, 6.07) is 8.18. The highest BCUT2D eigenvalue weighted by molar-refractivity contribution is 5.94. The molecule has 0 bridgehead atoms. The Morgan fingerprint density at radius 1 is 0.964 bits per heavy atom. The minimum Gasteiger partial charge on any atom is -0.353 e. The Kier molecular flexibility index (Phi) is 6.65. The van der Waals surface area contributed by atoms with E-state index < -0.39 is 0 Å². The van der Waals surface area contributed by atoms with E-state index >= 15 is 0 Å². The van der Waals surface area contributed by atoms with E-state index in [1.807, 2.05) is 30.9 Å². The van der Waals surface area contributed by atoms with Gasteiger partial charge in [0.15, 0.2) is 0 Å². The van der Waals surface area contributed by atoms with Crippen LogP contribution in [0.2, 0.25) is 0 Å². The molecule has 0 saturated carbocycles. The van der Waals surface area contributed by atoms with Gasteiger partial charge in [0.25, 0.3) is 5.91 Å². The maximum absolute atomic E-state index is 12.9. The molecule has 0 spiro atoms. The van der Waals surface area contributed by atoms with Crippen molar-refractivity contribution in [2.24, 2.45) is 0 Å². The lowest BCUT2D eigenvalue weighted by Crippen LogP contribution is -2.49. The molecule has 150 valence electrons. The summed E-state index contributed by atoms with van der Waals surface area (Å²) >= 11 is 0. The maximum Gasteiger partial charge on any atom is 0.253 e. The number of nitrogens with zero attached hydrogens (tertiary/aromatic N) is 4. The van der Waals surface area contributed by atoms with Gasteiger partial charge in [0.2, 0.25) is 0 Å². The first-order valence-electron chi connectivity index (χ1n) is 10.4. The van der Waals surface area contributed by atoms with Crippen LogP contribution < -0.4 is 4.90 Å². The molecule has 1 aromatic carbocycles. The number of carbonyl (C=O) groups is 1. The lowest BCUT2D eigenvalue weighted by molar-refractivity contribution is 0.0746. The number of benzene rings is 1. The molecule has 0 aliphatic carbocycles. The van der Waals surface area contributed by atoms with Crippen molar-refractivity contribution in [1.82, 2.24) is 14.9 Å². The molecule has 5 heteroatoms. The number of hydrogen-bond donors (Lipinski definition) is 0. The normalized spacial score (nSPS) is 14.4. The van der Waals surface area contributed by atoms with Crippen molar-refractivity contribution in [3.05, 3.63) is 52.5 Å². The molecule has 28 heavy (non-hydrogen) atoms. The van der Waals surface area contributed by atoms with E-state index in [-0.39, 0.29) is 5.91 Å². The SMILES string of the molecule is CCCCCc1ccc(C(=O)N2CCN(c3nc(C)nc(C)c3C)CC2)cc1. The number of aryl methyl sites for hydroxylation is 3.